The third kappa shape index (κ3) is 321. The van der Waals surface area contributed by atoms with Gasteiger partial charge in [-0.3, -0.25) is 0 Å². The second-order valence-electron chi connectivity index (χ2n) is 0. The van der Waals surface area contributed by atoms with Gasteiger partial charge in [0.2, 0.25) is 0 Å². The first kappa shape index (κ1) is 62.9. The van der Waals surface area contributed by atoms with Crippen LogP contribution < -0.4 is 0 Å². The molecule has 0 radical (unpaired) electrons. The van der Waals surface area contributed by atoms with Gasteiger partial charge in [0.15, 0.2) is 0 Å². The normalized spacial score (nSPS) is 1.85. The Morgan fingerprint density at radius 3 is 0.538 bits per heavy atom. The fourth-order valence-corrected chi connectivity index (χ4v) is 0. The molecule has 5 N–H and O–H groups in total. The number of nitrogens with zero attached hydrogens (tertiary/aromatic N) is 1. The summed E-state index contributed by atoms with van der Waals surface area (Å²) in [6.45, 7) is 18.8. The molecule has 0 aliphatic heterocycles. The van der Waals surface area contributed by atoms with Gasteiger partial charge in [0, 0.05) is 0 Å². The molecular weight excluding hydrogens is 216 g/mol. The summed E-state index contributed by atoms with van der Waals surface area (Å²) in [6, 6.07) is 0. The van der Waals surface area contributed by atoms with Crippen LogP contribution in [0.3, 0.4) is 0 Å². The van der Waals surface area contributed by atoms with Gasteiger partial charge in [-0.05, 0) is 0 Å². The molecule has 74 valence electrons. The first-order valence-corrected chi connectivity index (χ1v) is 1.63. The van der Waals surface area contributed by atoms with Gasteiger partial charge >= 0.3 is 17.1 Å². The SMILES string of the molecule is [CH-]=N.[CH-]=N.[CH-]=N.[CH-]=N.[CH-]=N.[Fe+6].[N-]=O. The number of hydrogen-bond donors (Lipinski definition) is 5. The van der Waals surface area contributed by atoms with E-state index in [1.165, 1.54) is 0 Å². The van der Waals surface area contributed by atoms with Gasteiger partial charge in [0.05, 0.1) is 0 Å². The Morgan fingerprint density at radius 1 is 0.538 bits per heavy atom. The minimum atomic E-state index is 0. The van der Waals surface area contributed by atoms with E-state index in [1.54, 1.807) is 0 Å². The fourth-order valence-electron chi connectivity index (χ4n) is 0. The van der Waals surface area contributed by atoms with E-state index in [4.69, 9.17) is 37.5 Å². The van der Waals surface area contributed by atoms with Gasteiger partial charge in [0.1, 0.15) is 0 Å². The summed E-state index contributed by atoms with van der Waals surface area (Å²) in [5.41, 5.74) is 5.75. The zero-order valence-electron chi connectivity index (χ0n) is 6.60. The van der Waals surface area contributed by atoms with Crippen LogP contribution in [0.1, 0.15) is 0 Å². The number of rotatable bonds is 0. The summed E-state index contributed by atoms with van der Waals surface area (Å²) < 4.78 is 0. The van der Waals surface area contributed by atoms with E-state index in [9.17, 15) is 0 Å². The van der Waals surface area contributed by atoms with Crippen LogP contribution in [0.15, 0.2) is 0 Å². The number of nitrogens with one attached hydrogen (secondary N) is 5. The van der Waals surface area contributed by atoms with Crippen molar-refractivity contribution in [1.82, 2.24) is 0 Å². The van der Waals surface area contributed by atoms with Gasteiger partial charge in [-0.25, -0.2) is 0 Å². The monoisotopic (exact) mass is 226 g/mol. The van der Waals surface area contributed by atoms with Crippen molar-refractivity contribution in [3.63, 3.8) is 0 Å². The quantitative estimate of drug-likeness (QED) is 0.233. The minimum Gasteiger partial charge on any atom is -0.577 e. The summed E-state index contributed by atoms with van der Waals surface area (Å²) >= 11 is 0. The Hall–Kier alpha value is -1.53. The first-order valence-electron chi connectivity index (χ1n) is 1.63. The third-order valence-corrected chi connectivity index (χ3v) is 0. The molecule has 0 amide bonds. The summed E-state index contributed by atoms with van der Waals surface area (Å²) in [5.74, 6) is 0. The first-order chi connectivity index (χ1) is 6.00. The Bertz CT molecular complexity index is 36.5. The van der Waals surface area contributed by atoms with Crippen LogP contribution in [0, 0.1) is 32.0 Å². The number of hydrogen-bond acceptors (Lipinski definition) is 6. The summed E-state index contributed by atoms with van der Waals surface area (Å²) in [6.07, 6.45) is 0. The van der Waals surface area contributed by atoms with E-state index in [0.29, 0.717) is 0 Å². The average molecular weight is 226 g/mol. The summed E-state index contributed by atoms with van der Waals surface area (Å²) in [7, 11) is 0. The average Bonchev–Trinajstić information content (AvgIpc) is 2.33. The maximum atomic E-state index is 7.25. The topological polar surface area (TPSA) is 159 Å². The van der Waals surface area contributed by atoms with Crippen molar-refractivity contribution in [2.75, 3.05) is 0 Å². The smallest absolute Gasteiger partial charge is 0.577 e. The van der Waals surface area contributed by atoms with Crippen LogP contribution in [0.4, 0.5) is 0 Å². The maximum absolute atomic E-state index is 7.25. The van der Waals surface area contributed by atoms with Crippen molar-refractivity contribution in [3.8, 4) is 0 Å². The molecule has 0 saturated carbocycles. The van der Waals surface area contributed by atoms with Crippen LogP contribution >= 0.6 is 0 Å². The van der Waals surface area contributed by atoms with Crippen molar-refractivity contribution < 1.29 is 17.1 Å². The van der Waals surface area contributed by atoms with E-state index in [1.807, 2.05) is 0 Å². The van der Waals surface area contributed by atoms with Crippen LogP contribution in [-0.4, -0.2) is 33.6 Å². The molecule has 0 saturated heterocycles. The molecule has 0 heterocycles. The molecule has 0 atom stereocenters. The Labute approximate surface area is 88.7 Å². The van der Waals surface area contributed by atoms with Crippen LogP contribution in [0.5, 0.6) is 0 Å². The van der Waals surface area contributed by atoms with E-state index in [-0.39, 0.29) is 17.1 Å². The molecule has 0 rings (SSSR count). The molecule has 0 bridgehead atoms. The number of nitroso groups, excluding NO2 is 1. The van der Waals surface area contributed by atoms with E-state index in [2.05, 4.69) is 33.6 Å². The Kier molecular flexibility index (Phi) is 1940. The molecule has 0 aliphatic rings. The molecule has 0 aromatic rings. The van der Waals surface area contributed by atoms with E-state index in [0.717, 1.165) is 0 Å². The molecule has 0 fully saturated rings. The van der Waals surface area contributed by atoms with Crippen molar-refractivity contribution in [3.05, 3.63) is 10.5 Å². The second kappa shape index (κ2) is 401. The molecule has 0 aromatic heterocycles. The van der Waals surface area contributed by atoms with Crippen LogP contribution in [0.2, 0.25) is 0 Å². The third-order valence-electron chi connectivity index (χ3n) is 0. The summed E-state index contributed by atoms with van der Waals surface area (Å²) in [5, 5.41) is 26.2. The van der Waals surface area contributed by atoms with Gasteiger partial charge in [-0.15, -0.1) is 0 Å². The van der Waals surface area contributed by atoms with Crippen molar-refractivity contribution in [2.45, 2.75) is 0 Å². The summed E-state index contributed by atoms with van der Waals surface area (Å²) in [4.78, 5) is 7.25. The minimum absolute atomic E-state index is 0. The van der Waals surface area contributed by atoms with Gasteiger partial charge in [0.25, 0.3) is 0 Å². The predicted octanol–water partition coefficient (Wildman–Crippen LogP) is 1.03. The molecule has 13 heavy (non-hydrogen) atoms. The Morgan fingerprint density at radius 2 is 0.538 bits per heavy atom. The van der Waals surface area contributed by atoms with Gasteiger partial charge < -0.3 is 71.1 Å². The molecule has 0 unspecified atom stereocenters. The van der Waals surface area contributed by atoms with Crippen molar-refractivity contribution >= 4 is 33.6 Å². The van der Waals surface area contributed by atoms with Crippen LogP contribution in [0.25, 0.3) is 5.59 Å². The van der Waals surface area contributed by atoms with Crippen molar-refractivity contribution in [1.29, 1.82) is 27.0 Å². The van der Waals surface area contributed by atoms with E-state index >= 15 is 0 Å². The molecule has 7 nitrogen and oxygen atoms in total. The van der Waals surface area contributed by atoms with Gasteiger partial charge in [-0.2, -0.15) is 0 Å². The second-order valence-corrected chi connectivity index (χ2v) is 0. The standard InChI is InChI=1S/5CH2N.Fe.NO/c5*1-2;;1-2/h5*1-2H;;/q5*-1;+6;-1. The molecule has 0 aromatic carbocycles. The van der Waals surface area contributed by atoms with Crippen LogP contribution in [-0.2, 0) is 17.1 Å². The van der Waals surface area contributed by atoms with Crippen molar-refractivity contribution in [2.24, 2.45) is 0 Å². The maximum Gasteiger partial charge on any atom is 6.00 e. The van der Waals surface area contributed by atoms with E-state index < -0.39 is 0 Å². The van der Waals surface area contributed by atoms with Gasteiger partial charge in [-0.1, -0.05) is 0 Å². The largest absolute Gasteiger partial charge is 6.00 e. The zero-order chi connectivity index (χ0) is 12.0. The molecule has 0 spiro atoms. The molecular formula is C5H10FeN6O. The zero-order valence-corrected chi connectivity index (χ0v) is 7.70. The predicted molar refractivity (Wildman–Crippen MR) is 50.6 cm³/mol. The molecule has 0 aliphatic carbocycles. The molecule has 8 heteroatoms. The fraction of sp³-hybridized carbons (Fsp3) is 0. The Balaban J connectivity index is -0.00000000655.